The molecule has 1 saturated carbocycles. The Morgan fingerprint density at radius 3 is 2.10 bits per heavy atom. The summed E-state index contributed by atoms with van der Waals surface area (Å²) < 4.78 is 0. The van der Waals surface area contributed by atoms with Crippen molar-refractivity contribution in [2.45, 2.75) is 75.8 Å². The van der Waals surface area contributed by atoms with Crippen LogP contribution in [0.5, 0.6) is 0 Å². The van der Waals surface area contributed by atoms with Gasteiger partial charge in [0.2, 0.25) is 11.8 Å². The first-order chi connectivity index (χ1) is 15.1. The zero-order valence-corrected chi connectivity index (χ0v) is 19.0. The van der Waals surface area contributed by atoms with Crippen molar-refractivity contribution in [3.63, 3.8) is 0 Å². The molecule has 4 aliphatic rings. The number of imide groups is 1. The molecule has 1 spiro atoms. The summed E-state index contributed by atoms with van der Waals surface area (Å²) >= 11 is 0. The first-order valence-corrected chi connectivity index (χ1v) is 12.5. The molecular weight excluding hydrogens is 386 g/mol. The van der Waals surface area contributed by atoms with E-state index < -0.39 is 0 Å². The molecular formula is C26H37N3O2. The summed E-state index contributed by atoms with van der Waals surface area (Å²) in [5, 5.41) is 0. The minimum atomic E-state index is -0.224. The van der Waals surface area contributed by atoms with Crippen molar-refractivity contribution in [1.29, 1.82) is 0 Å². The van der Waals surface area contributed by atoms with Gasteiger partial charge in [0.05, 0.1) is 17.4 Å². The zero-order chi connectivity index (χ0) is 21.4. The van der Waals surface area contributed by atoms with Crippen molar-refractivity contribution in [3.05, 3.63) is 30.3 Å². The first-order valence-electron chi connectivity index (χ1n) is 12.5. The number of para-hydroxylation sites is 1. The average Bonchev–Trinajstić information content (AvgIpc) is 3.28. The second kappa shape index (κ2) is 8.57. The van der Waals surface area contributed by atoms with E-state index in [9.17, 15) is 9.59 Å². The van der Waals surface area contributed by atoms with Gasteiger partial charge in [-0.1, -0.05) is 56.7 Å². The molecule has 168 valence electrons. The molecule has 3 aliphatic heterocycles. The van der Waals surface area contributed by atoms with Crippen LogP contribution in [-0.4, -0.2) is 59.9 Å². The highest BCUT2D eigenvalue weighted by Crippen LogP contribution is 2.51. The highest BCUT2D eigenvalue weighted by molar-refractivity contribution is 6.07. The van der Waals surface area contributed by atoms with E-state index in [4.69, 9.17) is 0 Å². The molecule has 3 heterocycles. The Morgan fingerprint density at radius 2 is 1.45 bits per heavy atom. The average molecular weight is 424 g/mol. The lowest BCUT2D eigenvalue weighted by Crippen LogP contribution is -2.59. The van der Waals surface area contributed by atoms with Crippen LogP contribution in [-0.2, 0) is 9.59 Å². The first kappa shape index (κ1) is 21.0. The summed E-state index contributed by atoms with van der Waals surface area (Å²) in [6.45, 7) is 2.76. The number of anilines is 1. The van der Waals surface area contributed by atoms with Gasteiger partial charge in [0.25, 0.3) is 0 Å². The second-order valence-corrected chi connectivity index (χ2v) is 10.3. The Kier molecular flexibility index (Phi) is 5.80. The van der Waals surface area contributed by atoms with Gasteiger partial charge in [0.15, 0.2) is 0 Å². The molecule has 31 heavy (non-hydrogen) atoms. The number of carbonyl (C=O) groups excluding carboxylic acids is 2. The van der Waals surface area contributed by atoms with Gasteiger partial charge in [0.1, 0.15) is 0 Å². The Labute approximate surface area is 186 Å². The van der Waals surface area contributed by atoms with E-state index in [0.29, 0.717) is 12.6 Å². The molecule has 0 aromatic heterocycles. The lowest BCUT2D eigenvalue weighted by atomic mass is 9.74. The van der Waals surface area contributed by atoms with Crippen LogP contribution in [0.1, 0.15) is 64.2 Å². The van der Waals surface area contributed by atoms with Gasteiger partial charge in [-0.3, -0.25) is 14.5 Å². The van der Waals surface area contributed by atoms with Crippen LogP contribution in [0.3, 0.4) is 0 Å². The number of piperidine rings is 1. The van der Waals surface area contributed by atoms with Crippen LogP contribution in [0.15, 0.2) is 30.3 Å². The third-order valence-corrected chi connectivity index (χ3v) is 8.72. The molecule has 1 aromatic rings. The minimum absolute atomic E-state index is 0.0199. The van der Waals surface area contributed by atoms with Crippen molar-refractivity contribution in [3.8, 4) is 0 Å². The van der Waals surface area contributed by atoms with Crippen molar-refractivity contribution in [2.24, 2.45) is 11.8 Å². The maximum atomic E-state index is 13.2. The number of carbonyl (C=O) groups is 2. The van der Waals surface area contributed by atoms with Crippen LogP contribution in [0.4, 0.5) is 5.69 Å². The molecule has 2 atom stereocenters. The van der Waals surface area contributed by atoms with E-state index in [-0.39, 0.29) is 29.2 Å². The Bertz CT molecular complexity index is 792. The van der Waals surface area contributed by atoms with Crippen molar-refractivity contribution < 1.29 is 9.59 Å². The number of fused-ring (bicyclic) bond motifs is 2. The van der Waals surface area contributed by atoms with Crippen LogP contribution in [0.2, 0.25) is 0 Å². The van der Waals surface area contributed by atoms with Gasteiger partial charge in [0, 0.05) is 38.4 Å². The largest absolute Gasteiger partial charge is 0.364 e. The number of benzene rings is 1. The molecule has 1 aromatic carbocycles. The smallest absolute Gasteiger partial charge is 0.235 e. The maximum absolute atomic E-state index is 13.2. The van der Waals surface area contributed by atoms with E-state index in [1.165, 1.54) is 56.3 Å². The van der Waals surface area contributed by atoms with E-state index >= 15 is 0 Å². The molecule has 0 bridgehead atoms. The van der Waals surface area contributed by atoms with Crippen LogP contribution < -0.4 is 4.90 Å². The molecule has 2 amide bonds. The van der Waals surface area contributed by atoms with E-state index in [2.05, 4.69) is 34.1 Å². The molecule has 1 aliphatic carbocycles. The molecule has 5 rings (SSSR count). The normalized spacial score (nSPS) is 30.4. The number of hydrogen-bond acceptors (Lipinski definition) is 4. The summed E-state index contributed by atoms with van der Waals surface area (Å²) in [6, 6.07) is 11.2. The van der Waals surface area contributed by atoms with Crippen molar-refractivity contribution in [1.82, 2.24) is 9.80 Å². The molecule has 5 nitrogen and oxygen atoms in total. The number of amides is 2. The second-order valence-electron chi connectivity index (χ2n) is 10.3. The number of likely N-dealkylation sites (tertiary alicyclic amines) is 2. The molecule has 0 unspecified atom stereocenters. The molecule has 3 saturated heterocycles. The van der Waals surface area contributed by atoms with Gasteiger partial charge in [-0.2, -0.15) is 0 Å². The SMILES string of the molecule is CN1C(=O)[C@@H]2[C@@H](CN(c3ccccc3)C23CCN(C2CCCCCCCC2)CC3)C1=O. The summed E-state index contributed by atoms with van der Waals surface area (Å²) in [6.07, 6.45) is 12.9. The van der Waals surface area contributed by atoms with Crippen LogP contribution in [0.25, 0.3) is 0 Å². The summed E-state index contributed by atoms with van der Waals surface area (Å²) in [5.41, 5.74) is 0.939. The van der Waals surface area contributed by atoms with E-state index in [1.54, 1.807) is 7.05 Å². The predicted octanol–water partition coefficient (Wildman–Crippen LogP) is 4.08. The topological polar surface area (TPSA) is 43.9 Å². The highest BCUT2D eigenvalue weighted by Gasteiger charge is 2.64. The number of hydrogen-bond donors (Lipinski definition) is 0. The lowest BCUT2D eigenvalue weighted by Gasteiger charge is -2.50. The molecule has 4 fully saturated rings. The molecule has 0 radical (unpaired) electrons. The summed E-state index contributed by atoms with van der Waals surface area (Å²) in [4.78, 5) is 32.7. The maximum Gasteiger partial charge on any atom is 0.235 e. The van der Waals surface area contributed by atoms with Crippen LogP contribution in [0, 0.1) is 11.8 Å². The monoisotopic (exact) mass is 423 g/mol. The number of nitrogens with zero attached hydrogens (tertiary/aromatic N) is 3. The minimum Gasteiger partial charge on any atom is -0.364 e. The summed E-state index contributed by atoms with van der Waals surface area (Å²) in [7, 11) is 1.68. The highest BCUT2D eigenvalue weighted by atomic mass is 16.2. The quantitative estimate of drug-likeness (QED) is 0.673. The third-order valence-electron chi connectivity index (χ3n) is 8.72. The summed E-state index contributed by atoms with van der Waals surface area (Å²) in [5.74, 6) is -0.308. The van der Waals surface area contributed by atoms with E-state index in [1.807, 2.05) is 6.07 Å². The Hall–Kier alpha value is -1.88. The van der Waals surface area contributed by atoms with Gasteiger partial charge < -0.3 is 9.80 Å². The lowest BCUT2D eigenvalue weighted by molar-refractivity contribution is -0.139. The van der Waals surface area contributed by atoms with Gasteiger partial charge >= 0.3 is 0 Å². The van der Waals surface area contributed by atoms with Crippen LogP contribution >= 0.6 is 0 Å². The standard InChI is InChI=1S/C26H37N3O2/c1-27-24(30)22-19-29(21-13-9-6-10-14-21)26(23(22)25(27)31)15-17-28(18-16-26)20-11-7-4-2-3-5-8-12-20/h6,9-10,13-14,20,22-23H,2-5,7-8,11-12,15-19H2,1H3/t22-,23+/m1/s1. The third kappa shape index (κ3) is 3.59. The van der Waals surface area contributed by atoms with Gasteiger partial charge in [-0.05, 0) is 37.8 Å². The van der Waals surface area contributed by atoms with Crippen molar-refractivity contribution in [2.75, 3.05) is 31.6 Å². The molecule has 0 N–H and O–H groups in total. The van der Waals surface area contributed by atoms with E-state index in [0.717, 1.165) is 31.6 Å². The zero-order valence-electron chi connectivity index (χ0n) is 19.0. The van der Waals surface area contributed by atoms with Crippen molar-refractivity contribution >= 4 is 17.5 Å². The molecule has 5 heteroatoms. The Morgan fingerprint density at radius 1 is 0.839 bits per heavy atom. The fourth-order valence-corrected chi connectivity index (χ4v) is 7.02. The Balaban J connectivity index is 1.39. The van der Waals surface area contributed by atoms with Gasteiger partial charge in [-0.15, -0.1) is 0 Å². The predicted molar refractivity (Wildman–Crippen MR) is 123 cm³/mol. The van der Waals surface area contributed by atoms with Gasteiger partial charge in [-0.25, -0.2) is 0 Å². The fraction of sp³-hybridized carbons (Fsp3) is 0.692. The fourth-order valence-electron chi connectivity index (χ4n) is 7.02. The number of rotatable bonds is 2.